The van der Waals surface area contributed by atoms with Crippen LogP contribution in [0.5, 0.6) is 0 Å². The van der Waals surface area contributed by atoms with E-state index in [1.807, 2.05) is 12.2 Å². The molecule has 97 heavy (non-hydrogen) atoms. The van der Waals surface area contributed by atoms with Gasteiger partial charge in [0, 0.05) is 32.2 Å². The Bertz CT molecular complexity index is 2270. The van der Waals surface area contributed by atoms with E-state index >= 15 is 0 Å². The Hall–Kier alpha value is -3.33. The van der Waals surface area contributed by atoms with Gasteiger partial charge in [0.15, 0.2) is 0 Å². The van der Waals surface area contributed by atoms with Crippen molar-refractivity contribution in [2.75, 3.05) is 6.54 Å². The highest BCUT2D eigenvalue weighted by molar-refractivity contribution is 5.79. The molecule has 0 aromatic carbocycles. The quantitative estimate of drug-likeness (QED) is 0.0236. The van der Waals surface area contributed by atoms with E-state index in [4.69, 9.17) is 15.2 Å². The predicted molar refractivity (Wildman–Crippen MR) is 369 cm³/mol. The second-order valence-electron chi connectivity index (χ2n) is 27.2. The Kier molecular flexibility index (Phi) is 47.1. The lowest BCUT2D eigenvalue weighted by atomic mass is 9.85. The van der Waals surface area contributed by atoms with Crippen LogP contribution in [0.4, 0.5) is 0 Å². The van der Waals surface area contributed by atoms with Gasteiger partial charge in [0.1, 0.15) is 72.9 Å². The summed E-state index contributed by atoms with van der Waals surface area (Å²) in [6.07, 6.45) is -0.533. The molecule has 2 fully saturated rings. The number of ketones is 1. The summed E-state index contributed by atoms with van der Waals surface area (Å²) in [6, 6.07) is 0. The van der Waals surface area contributed by atoms with Crippen molar-refractivity contribution < 1.29 is 116 Å². The van der Waals surface area contributed by atoms with Gasteiger partial charge in [-0.3, -0.25) is 4.79 Å². The zero-order valence-electron chi connectivity index (χ0n) is 57.5. The number of unbranched alkanes of at least 4 members (excludes halogenated alkanes) is 9. The third-order valence-corrected chi connectivity index (χ3v) is 18.6. The number of nitrogens with two attached hydrogens (primary N) is 1. The van der Waals surface area contributed by atoms with E-state index in [-0.39, 0.29) is 82.0 Å². The maximum atomic E-state index is 12.4. The molecule has 562 valence electrons. The van der Waals surface area contributed by atoms with E-state index in [1.54, 1.807) is 62.5 Å². The Morgan fingerprint density at radius 2 is 1.13 bits per heavy atom. The first-order chi connectivity index (χ1) is 46.1. The van der Waals surface area contributed by atoms with Crippen LogP contribution in [0.25, 0.3) is 0 Å². The average molecular weight is 1390 g/mol. The van der Waals surface area contributed by atoms with Crippen LogP contribution in [0, 0.1) is 11.8 Å². The second-order valence-corrected chi connectivity index (χ2v) is 27.2. The molecule has 24 heteroatoms. The largest absolute Gasteiger partial charge is 0.393 e. The molecule has 22 N–H and O–H groups in total. The van der Waals surface area contributed by atoms with Crippen molar-refractivity contribution in [3.05, 3.63) is 97.7 Å². The summed E-state index contributed by atoms with van der Waals surface area (Å²) in [5.74, 6) is -1.62. The van der Waals surface area contributed by atoms with Gasteiger partial charge in [-0.05, 0) is 120 Å². The molecule has 6 unspecified atom stereocenters. The maximum absolute atomic E-state index is 12.4. The molecule has 0 saturated carbocycles. The number of hydrogen-bond donors (Lipinski definition) is 21. The molecule has 26 atom stereocenters. The first-order valence-corrected chi connectivity index (χ1v) is 35.5. The normalized spacial score (nSPS) is 26.8. The zero-order valence-corrected chi connectivity index (χ0v) is 57.5. The molecule has 0 aromatic heterocycles. The Morgan fingerprint density at radius 1 is 0.515 bits per heavy atom. The lowest BCUT2D eigenvalue weighted by molar-refractivity contribution is -0.250. The fourth-order valence-electron chi connectivity index (χ4n) is 12.2. The van der Waals surface area contributed by atoms with Gasteiger partial charge >= 0.3 is 0 Å². The summed E-state index contributed by atoms with van der Waals surface area (Å²) in [7, 11) is 0. The highest BCUT2D eigenvalue weighted by Gasteiger charge is 2.49. The summed E-state index contributed by atoms with van der Waals surface area (Å²) in [6.45, 7) is 11.1. The number of carbonyl (C=O) groups is 1. The third kappa shape index (κ3) is 35.9. The first-order valence-electron chi connectivity index (χ1n) is 35.5. The average Bonchev–Trinajstić information content (AvgIpc) is 0.814. The van der Waals surface area contributed by atoms with E-state index in [0.29, 0.717) is 45.1 Å². The Labute approximate surface area is 575 Å². The van der Waals surface area contributed by atoms with Crippen LogP contribution in [-0.4, -0.2) is 261 Å². The molecule has 0 radical (unpaired) electrons. The predicted octanol–water partition coefficient (Wildman–Crippen LogP) is 2.15. The van der Waals surface area contributed by atoms with Gasteiger partial charge in [-0.2, -0.15) is 0 Å². The molecular formula is C73H127NO23. The number of hydrogen-bond acceptors (Lipinski definition) is 24. The molecule has 24 nitrogen and oxygen atoms in total. The number of ether oxygens (including phenoxy) is 2. The molecule has 2 heterocycles. The van der Waals surface area contributed by atoms with Crippen molar-refractivity contribution in [3.63, 3.8) is 0 Å². The van der Waals surface area contributed by atoms with E-state index in [9.17, 15) is 107 Å². The molecule has 2 saturated heterocycles. The van der Waals surface area contributed by atoms with Crippen molar-refractivity contribution in [3.8, 4) is 0 Å². The molecule has 2 aliphatic heterocycles. The van der Waals surface area contributed by atoms with Crippen molar-refractivity contribution >= 4 is 5.78 Å². The molecular weight excluding hydrogens is 1260 g/mol. The zero-order chi connectivity index (χ0) is 72.6. The number of carbonyl (C=O) groups excluding carboxylic acids is 1. The van der Waals surface area contributed by atoms with Crippen LogP contribution in [-0.2, 0) is 14.3 Å². The summed E-state index contributed by atoms with van der Waals surface area (Å²) < 4.78 is 11.6. The van der Waals surface area contributed by atoms with Crippen molar-refractivity contribution in [1.82, 2.24) is 0 Å². The monoisotopic (exact) mass is 1390 g/mol. The summed E-state index contributed by atoms with van der Waals surface area (Å²) in [4.78, 5) is 12.4. The van der Waals surface area contributed by atoms with Gasteiger partial charge in [-0.15, -0.1) is 0 Å². The summed E-state index contributed by atoms with van der Waals surface area (Å²) >= 11 is 0. The fourth-order valence-corrected chi connectivity index (χ4v) is 12.2. The number of Topliss-reactive ketones (excluding diaryl/α,β-unsaturated/α-hetero) is 1. The minimum Gasteiger partial charge on any atom is -0.393 e. The van der Waals surface area contributed by atoms with Gasteiger partial charge < -0.3 is 117 Å². The molecule has 0 bridgehead atoms. The number of rotatable bonds is 54. The Balaban J connectivity index is 1.75. The SMILES string of the molecule is C=C/C=C/CCCCCCCCCC/C=C/[C@@H](O)[C@@H](O)[C@H]1O[C@H]([C@H](O)[C@H](O)C(=C)CCC(O)[C@H]2O[C@H](C[C@@H](O)[C@H](O)[C@H](C)CCC[C@@H](O)[C@H](O)[C@H](O)[C@@H](C)CC(O)/C=C/CC(O)CCCC(O)CC(=O)CC(O)CC/C=C/CC(O)/C=C/C=C/CN)[C@@H](O)[C@@H](O)[C@@H]2O)C[C@H](O)[C@@H]1O. The standard InChI is InChI=1S/C73H127NO23/c1-5-6-7-8-9-10-11-12-13-14-15-16-17-23-36-56(82)66(90)73-67(91)59(85)45-60(97-73)68(92)63(87)47(3)38-39-57(83)72-71(95)70(94)69(93)61(96-72)44-58(84)62(86)46(2)28-25-37-55(81)65(89)64(88)48(4)41-51(77)34-26-32-50(76)33-27-35-53(79)43-54(80)42-52(78)31-21-18-20-29-49(75)30-22-19-24-40-74/h5-7,18-20,22-24,26,30,34,36,46,48-53,55-73,75-79,81-95H,1,3,8-17,21,25,27-29,31-33,35,37-45,74H2,2,4H3/b7-6+,20-18+,24-19+,30-22+,34-26+,36-23+/t46-,48+,49?,50?,51?,52?,53?,55-,56-,57?,58-,59+,60+,61-,62-,63-,64-,65+,66-,67+,68+,69-,70-,71+,72-,73-/m1/s1. The number of aliphatic hydroxyl groups is 20. The van der Waals surface area contributed by atoms with Crippen LogP contribution in [0.15, 0.2) is 97.7 Å². The third-order valence-electron chi connectivity index (χ3n) is 18.6. The van der Waals surface area contributed by atoms with Gasteiger partial charge in [0.2, 0.25) is 0 Å². The van der Waals surface area contributed by atoms with Crippen molar-refractivity contribution in [2.45, 2.75) is 334 Å². The van der Waals surface area contributed by atoms with Gasteiger partial charge in [0.25, 0.3) is 0 Å². The molecule has 0 amide bonds. The van der Waals surface area contributed by atoms with E-state index in [1.165, 1.54) is 31.4 Å². The van der Waals surface area contributed by atoms with Crippen LogP contribution in [0.1, 0.15) is 187 Å². The second kappa shape index (κ2) is 50.9. The Morgan fingerprint density at radius 3 is 1.78 bits per heavy atom. The van der Waals surface area contributed by atoms with Gasteiger partial charge in [-0.25, -0.2) is 0 Å². The molecule has 0 aromatic rings. The molecule has 2 rings (SSSR count). The maximum Gasteiger partial charge on any atom is 0.138 e. The lowest BCUT2D eigenvalue weighted by Crippen LogP contribution is -2.61. The molecule has 0 aliphatic carbocycles. The van der Waals surface area contributed by atoms with Crippen LogP contribution >= 0.6 is 0 Å². The van der Waals surface area contributed by atoms with Crippen molar-refractivity contribution in [2.24, 2.45) is 17.6 Å². The van der Waals surface area contributed by atoms with E-state index < -0.39 is 165 Å². The molecule has 2 aliphatic rings. The minimum absolute atomic E-state index is 0.00343. The highest BCUT2D eigenvalue weighted by Crippen LogP contribution is 2.33. The van der Waals surface area contributed by atoms with E-state index in [2.05, 4.69) is 19.2 Å². The van der Waals surface area contributed by atoms with Crippen molar-refractivity contribution in [1.29, 1.82) is 0 Å². The number of allylic oxidation sites excluding steroid dienone is 7. The first kappa shape index (κ1) is 89.8. The van der Waals surface area contributed by atoms with Crippen LogP contribution in [0.3, 0.4) is 0 Å². The fraction of sp³-hybridized carbons (Fsp3) is 0.767. The van der Waals surface area contributed by atoms with Gasteiger partial charge in [-0.1, -0.05) is 151 Å². The highest BCUT2D eigenvalue weighted by atomic mass is 16.6. The van der Waals surface area contributed by atoms with Crippen LogP contribution < -0.4 is 5.73 Å². The topological polar surface area (TPSA) is 466 Å². The summed E-state index contributed by atoms with van der Waals surface area (Å²) in [5.41, 5.74) is 5.33. The summed E-state index contributed by atoms with van der Waals surface area (Å²) in [5, 5.41) is 216. The smallest absolute Gasteiger partial charge is 0.138 e. The minimum atomic E-state index is -1.87. The van der Waals surface area contributed by atoms with E-state index in [0.717, 1.165) is 38.5 Å². The van der Waals surface area contributed by atoms with Gasteiger partial charge in [0.05, 0.1) is 79.4 Å². The lowest BCUT2D eigenvalue weighted by Gasteiger charge is -2.43. The number of aliphatic hydroxyl groups excluding tert-OH is 20. The van der Waals surface area contributed by atoms with Crippen LogP contribution in [0.2, 0.25) is 0 Å². The molecule has 0 spiro atoms.